The molecule has 1 aliphatic rings. The largest absolute Gasteiger partial charge is 0.394 e. The first-order valence-electron chi connectivity index (χ1n) is 7.45. The Hall–Kier alpha value is -1.40. The summed E-state index contributed by atoms with van der Waals surface area (Å²) in [5.74, 6) is 2.78. The topological polar surface area (TPSA) is 70.5 Å². The van der Waals surface area contributed by atoms with Gasteiger partial charge in [-0.2, -0.15) is 0 Å². The maximum absolute atomic E-state index is 9.43. The number of aromatic nitrogens is 2. The van der Waals surface area contributed by atoms with Crippen molar-refractivity contribution in [3.8, 4) is 0 Å². The Labute approximate surface area is 126 Å². The lowest BCUT2D eigenvalue weighted by Crippen LogP contribution is -2.54. The van der Waals surface area contributed by atoms with E-state index in [0.717, 1.165) is 24.0 Å². The maximum atomic E-state index is 9.43. The van der Waals surface area contributed by atoms with Crippen LogP contribution in [0.2, 0.25) is 0 Å². The summed E-state index contributed by atoms with van der Waals surface area (Å²) in [5.41, 5.74) is -0.311. The molecule has 1 atom stereocenters. The van der Waals surface area contributed by atoms with Crippen molar-refractivity contribution in [3.05, 3.63) is 11.9 Å². The average Bonchev–Trinajstić information content (AvgIpc) is 2.44. The lowest BCUT2D eigenvalue weighted by molar-refractivity contribution is -0.101. The zero-order valence-corrected chi connectivity index (χ0v) is 13.6. The van der Waals surface area contributed by atoms with Crippen LogP contribution >= 0.6 is 0 Å². The highest BCUT2D eigenvalue weighted by molar-refractivity contribution is 5.50. The van der Waals surface area contributed by atoms with Gasteiger partial charge in [0.15, 0.2) is 0 Å². The van der Waals surface area contributed by atoms with E-state index in [-0.39, 0.29) is 24.2 Å². The van der Waals surface area contributed by atoms with Gasteiger partial charge in [-0.25, -0.2) is 9.97 Å². The molecule has 0 amide bonds. The molecule has 0 spiro atoms. The fourth-order valence-electron chi connectivity index (χ4n) is 2.57. The monoisotopic (exact) mass is 294 g/mol. The highest BCUT2D eigenvalue weighted by Gasteiger charge is 2.34. The Morgan fingerprint density at radius 1 is 1.48 bits per heavy atom. The summed E-state index contributed by atoms with van der Waals surface area (Å²) in [4.78, 5) is 11.3. The number of rotatable bonds is 4. The molecule has 0 radical (unpaired) electrons. The number of aliphatic hydroxyl groups excluding tert-OH is 1. The third kappa shape index (κ3) is 3.83. The fraction of sp³-hybridized carbons (Fsp3) is 0.733. The van der Waals surface area contributed by atoms with Gasteiger partial charge >= 0.3 is 0 Å². The van der Waals surface area contributed by atoms with E-state index in [1.165, 1.54) is 0 Å². The van der Waals surface area contributed by atoms with Crippen LogP contribution in [0.4, 0.5) is 11.6 Å². The number of ether oxygens (including phenoxy) is 1. The van der Waals surface area contributed by atoms with Gasteiger partial charge in [0.1, 0.15) is 17.5 Å². The molecule has 1 fully saturated rings. The second-order valence-electron chi connectivity index (χ2n) is 6.44. The van der Waals surface area contributed by atoms with Crippen molar-refractivity contribution in [1.82, 2.24) is 9.97 Å². The zero-order valence-electron chi connectivity index (χ0n) is 13.6. The van der Waals surface area contributed by atoms with Gasteiger partial charge < -0.3 is 20.1 Å². The third-order valence-corrected chi connectivity index (χ3v) is 3.51. The molecule has 1 aromatic heterocycles. The van der Waals surface area contributed by atoms with Gasteiger partial charge in [0.25, 0.3) is 0 Å². The van der Waals surface area contributed by atoms with E-state index in [1.807, 2.05) is 27.0 Å². The molecule has 2 N–H and O–H groups in total. The van der Waals surface area contributed by atoms with Crippen LogP contribution in [-0.2, 0) is 4.74 Å². The lowest BCUT2D eigenvalue weighted by Gasteiger charge is -2.43. The van der Waals surface area contributed by atoms with E-state index in [9.17, 15) is 5.11 Å². The van der Waals surface area contributed by atoms with Crippen LogP contribution in [-0.4, -0.2) is 53.5 Å². The molecule has 0 aliphatic carbocycles. The van der Waals surface area contributed by atoms with Gasteiger partial charge in [0.05, 0.1) is 18.3 Å². The standard InChI is InChI=1S/C15H26N4O2/c1-10(2)14-17-12(16-5)6-13(18-14)19-7-11(8-20)21-15(3,4)9-19/h6,10-11,20H,7-9H2,1-5H3,(H,16,17,18). The molecule has 1 unspecified atom stereocenters. The number of nitrogens with zero attached hydrogens (tertiary/aromatic N) is 3. The van der Waals surface area contributed by atoms with Crippen LogP contribution < -0.4 is 10.2 Å². The second-order valence-corrected chi connectivity index (χ2v) is 6.44. The van der Waals surface area contributed by atoms with Crippen molar-refractivity contribution < 1.29 is 9.84 Å². The molecule has 2 rings (SSSR count). The quantitative estimate of drug-likeness (QED) is 0.879. The van der Waals surface area contributed by atoms with Crippen molar-refractivity contribution in [2.45, 2.75) is 45.3 Å². The summed E-state index contributed by atoms with van der Waals surface area (Å²) in [7, 11) is 1.86. The van der Waals surface area contributed by atoms with Gasteiger partial charge in [0.2, 0.25) is 0 Å². The Morgan fingerprint density at radius 2 is 2.19 bits per heavy atom. The van der Waals surface area contributed by atoms with Crippen LogP contribution in [0.5, 0.6) is 0 Å². The van der Waals surface area contributed by atoms with Gasteiger partial charge in [-0.3, -0.25) is 0 Å². The van der Waals surface area contributed by atoms with E-state index in [0.29, 0.717) is 6.54 Å². The molecule has 0 bridgehead atoms. The predicted molar refractivity (Wildman–Crippen MR) is 83.9 cm³/mol. The summed E-state index contributed by atoms with van der Waals surface area (Å²) in [6, 6.07) is 1.95. The number of aliphatic hydroxyl groups is 1. The minimum absolute atomic E-state index is 0.0148. The molecule has 0 aromatic carbocycles. The van der Waals surface area contributed by atoms with Crippen LogP contribution in [0.1, 0.15) is 39.4 Å². The van der Waals surface area contributed by atoms with Crippen molar-refractivity contribution in [1.29, 1.82) is 0 Å². The Morgan fingerprint density at radius 3 is 2.76 bits per heavy atom. The predicted octanol–water partition coefficient (Wildman–Crippen LogP) is 1.62. The summed E-state index contributed by atoms with van der Waals surface area (Å²) >= 11 is 0. The average molecular weight is 294 g/mol. The second kappa shape index (κ2) is 6.15. The molecule has 1 saturated heterocycles. The zero-order chi connectivity index (χ0) is 15.6. The Balaban J connectivity index is 2.33. The first-order chi connectivity index (χ1) is 9.84. The SMILES string of the molecule is CNc1cc(N2CC(CO)OC(C)(C)C2)nc(C(C)C)n1. The van der Waals surface area contributed by atoms with Crippen molar-refractivity contribution >= 4 is 11.6 Å². The van der Waals surface area contributed by atoms with Gasteiger partial charge in [-0.15, -0.1) is 0 Å². The van der Waals surface area contributed by atoms with Gasteiger partial charge in [-0.05, 0) is 13.8 Å². The van der Waals surface area contributed by atoms with E-state index < -0.39 is 0 Å². The highest BCUT2D eigenvalue weighted by Crippen LogP contribution is 2.27. The lowest BCUT2D eigenvalue weighted by atomic mass is 10.1. The Kier molecular flexibility index (Phi) is 4.68. The van der Waals surface area contributed by atoms with Crippen LogP contribution in [0.15, 0.2) is 6.07 Å². The van der Waals surface area contributed by atoms with Crippen LogP contribution in [0.3, 0.4) is 0 Å². The van der Waals surface area contributed by atoms with E-state index in [1.54, 1.807) is 0 Å². The molecule has 6 nitrogen and oxygen atoms in total. The molecule has 2 heterocycles. The molecule has 0 saturated carbocycles. The first kappa shape index (κ1) is 16.0. The van der Waals surface area contributed by atoms with Crippen molar-refractivity contribution in [2.24, 2.45) is 0 Å². The van der Waals surface area contributed by atoms with E-state index in [2.05, 4.69) is 34.0 Å². The normalized spacial score (nSPS) is 21.7. The molecule has 21 heavy (non-hydrogen) atoms. The number of hydrogen-bond acceptors (Lipinski definition) is 6. The molecule has 118 valence electrons. The van der Waals surface area contributed by atoms with Crippen molar-refractivity contribution in [3.63, 3.8) is 0 Å². The molecular formula is C15H26N4O2. The maximum Gasteiger partial charge on any atom is 0.135 e. The van der Waals surface area contributed by atoms with Crippen LogP contribution in [0.25, 0.3) is 0 Å². The first-order valence-corrected chi connectivity index (χ1v) is 7.45. The van der Waals surface area contributed by atoms with E-state index >= 15 is 0 Å². The Bertz CT molecular complexity index is 491. The molecule has 1 aromatic rings. The molecule has 1 aliphatic heterocycles. The van der Waals surface area contributed by atoms with Gasteiger partial charge in [0, 0.05) is 32.1 Å². The fourth-order valence-corrected chi connectivity index (χ4v) is 2.57. The van der Waals surface area contributed by atoms with Crippen LogP contribution in [0, 0.1) is 0 Å². The number of hydrogen-bond donors (Lipinski definition) is 2. The summed E-state index contributed by atoms with van der Waals surface area (Å²) in [6.45, 7) is 9.62. The number of morpholine rings is 1. The summed E-state index contributed by atoms with van der Waals surface area (Å²) < 4.78 is 5.86. The van der Waals surface area contributed by atoms with Gasteiger partial charge in [-0.1, -0.05) is 13.8 Å². The van der Waals surface area contributed by atoms with Crippen molar-refractivity contribution in [2.75, 3.05) is 37.0 Å². The minimum Gasteiger partial charge on any atom is -0.394 e. The highest BCUT2D eigenvalue weighted by atomic mass is 16.5. The molecular weight excluding hydrogens is 268 g/mol. The van der Waals surface area contributed by atoms with E-state index in [4.69, 9.17) is 4.74 Å². The number of anilines is 2. The number of nitrogens with one attached hydrogen (secondary N) is 1. The molecule has 6 heteroatoms. The minimum atomic E-state index is -0.311. The third-order valence-electron chi connectivity index (χ3n) is 3.51. The smallest absolute Gasteiger partial charge is 0.135 e. The summed E-state index contributed by atoms with van der Waals surface area (Å²) in [6.07, 6.45) is -0.191. The summed E-state index contributed by atoms with van der Waals surface area (Å²) in [5, 5.41) is 12.5.